The number of hydrogen-bond donors (Lipinski definition) is 0. The van der Waals surface area contributed by atoms with Crippen LogP contribution in [0.25, 0.3) is 33.4 Å². The summed E-state index contributed by atoms with van der Waals surface area (Å²) < 4.78 is 5.46. The second kappa shape index (κ2) is 20.3. The first-order valence-electron chi connectivity index (χ1n) is 33.6. The highest BCUT2D eigenvalue weighted by atomic mass is 15.2. The summed E-state index contributed by atoms with van der Waals surface area (Å²) in [6.45, 7) is 7.03. The Bertz CT molecular complexity index is 4520. The van der Waals surface area contributed by atoms with Gasteiger partial charge in [-0.3, -0.25) is 0 Å². The molecule has 5 heteroatoms. The summed E-state index contributed by atoms with van der Waals surface area (Å²) in [6.07, 6.45) is 19.4. The molecule has 0 radical (unpaired) electrons. The lowest BCUT2D eigenvalue weighted by molar-refractivity contribution is 0.529. The van der Waals surface area contributed by atoms with Crippen LogP contribution in [0.3, 0.4) is 0 Å². The van der Waals surface area contributed by atoms with Gasteiger partial charge in [0.05, 0.1) is 16.6 Å². The molecule has 88 heavy (non-hydrogen) atoms. The van der Waals surface area contributed by atoms with E-state index in [4.69, 9.17) is 0 Å². The summed E-state index contributed by atoms with van der Waals surface area (Å²) in [4.78, 5) is 5.64. The highest BCUT2D eigenvalue weighted by Gasteiger charge is 2.53. The minimum Gasteiger partial charge on any atom is -0.337 e. The highest BCUT2D eigenvalue weighted by Crippen LogP contribution is 2.56. The number of hydrogen-bond acceptors (Lipinski definition) is 2. The lowest BCUT2D eigenvalue weighted by atomic mass is 9.29. The fourth-order valence-corrected chi connectivity index (χ4v) is 18.7. The molecule has 4 aliphatic carbocycles. The lowest BCUT2D eigenvalue weighted by Crippen LogP contribution is -2.65. The van der Waals surface area contributed by atoms with Gasteiger partial charge in [0.1, 0.15) is 0 Å². The van der Waals surface area contributed by atoms with Crippen LogP contribution < -0.4 is 26.2 Å². The van der Waals surface area contributed by atoms with Crippen molar-refractivity contribution in [3.8, 4) is 22.5 Å². The highest BCUT2D eigenvalue weighted by molar-refractivity contribution is 6.99. The molecule has 0 spiro atoms. The van der Waals surface area contributed by atoms with Crippen molar-refractivity contribution in [1.82, 2.24) is 9.13 Å². The first-order chi connectivity index (χ1) is 43.3. The molecule has 3 aliphatic heterocycles. The van der Waals surface area contributed by atoms with E-state index in [-0.39, 0.29) is 12.1 Å². The summed E-state index contributed by atoms with van der Waals surface area (Å²) in [5, 5.41) is 1.40. The molecular formula is C83H77BN4. The third-order valence-electron chi connectivity index (χ3n) is 22.4. The van der Waals surface area contributed by atoms with E-state index in [0.717, 1.165) is 25.7 Å². The summed E-state index contributed by atoms with van der Waals surface area (Å²) in [5.74, 6) is 0.473. The van der Waals surface area contributed by atoms with Crippen molar-refractivity contribution in [2.45, 2.75) is 146 Å². The van der Waals surface area contributed by atoms with Gasteiger partial charge < -0.3 is 18.9 Å². The number of benzene rings is 9. The van der Waals surface area contributed by atoms with E-state index in [0.29, 0.717) is 12.0 Å². The predicted molar refractivity (Wildman–Crippen MR) is 368 cm³/mol. The van der Waals surface area contributed by atoms with Gasteiger partial charge in [-0.2, -0.15) is 0 Å². The molecule has 4 nitrogen and oxygen atoms in total. The smallest absolute Gasteiger partial charge is 0.247 e. The molecule has 1 saturated carbocycles. The zero-order valence-electron chi connectivity index (χ0n) is 51.5. The van der Waals surface area contributed by atoms with E-state index in [1.807, 2.05) is 0 Å². The van der Waals surface area contributed by atoms with Crippen molar-refractivity contribution in [2.24, 2.45) is 0 Å². The van der Waals surface area contributed by atoms with Crippen LogP contribution in [0.1, 0.15) is 158 Å². The van der Waals surface area contributed by atoms with Gasteiger partial charge in [-0.25, -0.2) is 0 Å². The Kier molecular flexibility index (Phi) is 12.1. The molecule has 0 bridgehead atoms. The zero-order chi connectivity index (χ0) is 58.4. The van der Waals surface area contributed by atoms with Crippen molar-refractivity contribution in [2.75, 3.05) is 9.80 Å². The minimum atomic E-state index is -0.716. The number of rotatable bonds is 7. The fraction of sp³-hybridized carbons (Fsp3) is 0.277. The number of fused-ring (bicyclic) bond motifs is 13. The summed E-state index contributed by atoms with van der Waals surface area (Å²) in [6, 6.07) is 82.5. The molecule has 9 aromatic carbocycles. The molecule has 11 aromatic rings. The molecule has 2 atom stereocenters. The second-order valence-corrected chi connectivity index (χ2v) is 28.0. The van der Waals surface area contributed by atoms with Gasteiger partial charge in [-0.15, -0.1) is 0 Å². The predicted octanol–water partition coefficient (Wildman–Crippen LogP) is 18.2. The van der Waals surface area contributed by atoms with Gasteiger partial charge in [-0.1, -0.05) is 191 Å². The average molecular weight is 1140 g/mol. The Labute approximate surface area is 520 Å². The maximum Gasteiger partial charge on any atom is 0.247 e. The van der Waals surface area contributed by atoms with Crippen LogP contribution in [0.4, 0.5) is 28.4 Å². The third-order valence-corrected chi connectivity index (χ3v) is 22.4. The number of para-hydroxylation sites is 2. The third kappa shape index (κ3) is 7.70. The van der Waals surface area contributed by atoms with E-state index < -0.39 is 5.41 Å². The lowest BCUT2D eigenvalue weighted by Gasteiger charge is -2.49. The Morgan fingerprint density at radius 2 is 1.03 bits per heavy atom. The number of nitrogens with zero attached hydrogens (tertiary/aromatic N) is 4. The molecule has 2 aromatic heterocycles. The van der Waals surface area contributed by atoms with Gasteiger partial charge in [0.15, 0.2) is 0 Å². The van der Waals surface area contributed by atoms with Gasteiger partial charge in [0.25, 0.3) is 0 Å². The molecule has 0 amide bonds. The van der Waals surface area contributed by atoms with Crippen molar-refractivity contribution >= 4 is 62.4 Å². The zero-order valence-corrected chi connectivity index (χ0v) is 51.5. The topological polar surface area (TPSA) is 16.3 Å². The molecular weight excluding hydrogens is 1060 g/mol. The molecule has 18 rings (SSSR count). The molecule has 7 aliphatic rings. The largest absolute Gasteiger partial charge is 0.337 e. The van der Waals surface area contributed by atoms with Crippen molar-refractivity contribution in [1.29, 1.82) is 0 Å². The van der Waals surface area contributed by atoms with E-state index >= 15 is 0 Å². The Morgan fingerprint density at radius 1 is 0.432 bits per heavy atom. The molecule has 0 N–H and O–H groups in total. The fourth-order valence-electron chi connectivity index (χ4n) is 18.7. The van der Waals surface area contributed by atoms with Crippen LogP contribution in [0.2, 0.25) is 0 Å². The maximum atomic E-state index is 2.86. The van der Waals surface area contributed by atoms with Crippen LogP contribution in [-0.2, 0) is 49.4 Å². The molecule has 2 unspecified atom stereocenters. The van der Waals surface area contributed by atoms with E-state index in [2.05, 4.69) is 246 Å². The maximum absolute atomic E-state index is 2.86. The quantitative estimate of drug-likeness (QED) is 0.148. The Hall–Kier alpha value is -8.54. The summed E-state index contributed by atoms with van der Waals surface area (Å²) in [7, 11) is 0. The normalized spacial score (nSPS) is 18.6. The molecule has 432 valence electrons. The average Bonchev–Trinajstić information content (AvgIpc) is 0.807. The second-order valence-electron chi connectivity index (χ2n) is 28.0. The molecule has 5 heterocycles. The van der Waals surface area contributed by atoms with Crippen molar-refractivity contribution in [3.63, 3.8) is 0 Å². The summed E-state index contributed by atoms with van der Waals surface area (Å²) in [5.41, 5.74) is 33.9. The SMILES string of the molecule is CC(C)(C)c1ccc(N2c3cc(-n4c5c(c6ccccc64)CCC5)ccc3B3c4ccc(-n5c6c(c7c5CCCC7)CCCC6)cc4C(c4ccccc4)(c4ccccc4)c4cc(N5c6ccccc6C6CCCCCC65)cc2c43)c(-c2ccccc2)c1. The molecule has 0 saturated heterocycles. The first-order valence-corrected chi connectivity index (χ1v) is 33.6. The van der Waals surface area contributed by atoms with E-state index in [1.165, 1.54) is 200 Å². The van der Waals surface area contributed by atoms with Crippen LogP contribution in [0.5, 0.6) is 0 Å². The van der Waals surface area contributed by atoms with Crippen LogP contribution in [0.15, 0.2) is 206 Å². The Morgan fingerprint density at radius 3 is 1.78 bits per heavy atom. The van der Waals surface area contributed by atoms with E-state index in [1.54, 1.807) is 22.5 Å². The van der Waals surface area contributed by atoms with Gasteiger partial charge in [0, 0.05) is 74.1 Å². The van der Waals surface area contributed by atoms with Gasteiger partial charge in [0.2, 0.25) is 6.71 Å². The number of aromatic nitrogens is 2. The minimum absolute atomic E-state index is 0.0692. The van der Waals surface area contributed by atoms with Crippen LogP contribution >= 0.6 is 0 Å². The number of aryl methyl sites for hydroxylation is 1. The van der Waals surface area contributed by atoms with Gasteiger partial charge >= 0.3 is 0 Å². The van der Waals surface area contributed by atoms with Crippen LogP contribution in [-0.4, -0.2) is 21.9 Å². The van der Waals surface area contributed by atoms with Crippen molar-refractivity contribution in [3.05, 3.63) is 273 Å². The monoisotopic (exact) mass is 1140 g/mol. The standard InChI is InChI=1S/C83H77BN4/c1-82(2,3)57-43-48-78(67(49-57)54-25-8-4-9-26-54)88-79-52-59(86-74-40-22-18-35-65(74)66-36-24-42-77(66)86)45-47-71(79)84-70-46-44-58(85-72-38-20-16-32-62(72)63-33-17-21-39-73(63)85)50-68(70)83(55-27-10-5-11-28-55,56-29-12-6-13-30-56)69-51-60(53-80(88)81(69)84)87-75-37-15-7-14-31-61(75)64-34-19-23-41-76(64)87/h4-6,8-13,18-19,22-23,25-30,34-35,40-41,43-53,61,75H,7,14-17,20-21,24,31-33,36-39,42H2,1-3H3. The first kappa shape index (κ1) is 52.6. The Balaban J connectivity index is 1.01. The van der Waals surface area contributed by atoms with Crippen molar-refractivity contribution < 1.29 is 0 Å². The summed E-state index contributed by atoms with van der Waals surface area (Å²) >= 11 is 0. The number of anilines is 5. The van der Waals surface area contributed by atoms with Gasteiger partial charge in [-0.05, 0) is 216 Å². The van der Waals surface area contributed by atoms with E-state index in [9.17, 15) is 0 Å². The van der Waals surface area contributed by atoms with Crippen LogP contribution in [0, 0.1) is 0 Å². The molecule has 1 fully saturated rings.